The topological polar surface area (TPSA) is 105 Å². The number of benzene rings is 1. The number of nitrogens with zero attached hydrogens (tertiary/aromatic N) is 2. The minimum absolute atomic E-state index is 0.00253. The third-order valence-electron chi connectivity index (χ3n) is 2.95. The number of rotatable bonds is 5. The number of aliphatic hydroxyl groups excluding tert-OH is 1. The second-order valence-electron chi connectivity index (χ2n) is 4.43. The molecule has 2 N–H and O–H groups in total. The highest BCUT2D eigenvalue weighted by Crippen LogP contribution is 2.24. The largest absolute Gasteiger partial charge is 0.387 e. The van der Waals surface area contributed by atoms with Crippen molar-refractivity contribution in [2.75, 3.05) is 6.54 Å². The predicted octanol–water partition coefficient (Wildman–Crippen LogP) is 2.11. The molecule has 0 saturated carbocycles. The molecular weight excluding hydrogens is 310 g/mol. The van der Waals surface area contributed by atoms with E-state index in [1.807, 2.05) is 0 Å². The lowest BCUT2D eigenvalue weighted by molar-refractivity contribution is -0.384. The number of halogens is 1. The summed E-state index contributed by atoms with van der Waals surface area (Å²) in [5, 5.41) is 23.0. The van der Waals surface area contributed by atoms with Crippen molar-refractivity contribution < 1.29 is 14.8 Å². The van der Waals surface area contributed by atoms with Gasteiger partial charge in [0.25, 0.3) is 11.6 Å². The Hall–Kier alpha value is -2.51. The summed E-state index contributed by atoms with van der Waals surface area (Å²) in [5.41, 5.74) is 0.532. The van der Waals surface area contributed by atoms with Crippen molar-refractivity contribution in [1.29, 1.82) is 0 Å². The summed E-state index contributed by atoms with van der Waals surface area (Å²) in [7, 11) is 0. The molecule has 1 aromatic carbocycles. The fourth-order valence-corrected chi connectivity index (χ4v) is 2.04. The summed E-state index contributed by atoms with van der Waals surface area (Å²) in [6.07, 6.45) is 2.20. The van der Waals surface area contributed by atoms with E-state index in [4.69, 9.17) is 11.6 Å². The number of hydrogen-bond acceptors (Lipinski definition) is 5. The van der Waals surface area contributed by atoms with E-state index in [2.05, 4.69) is 10.3 Å². The molecule has 7 nitrogen and oxygen atoms in total. The molecule has 0 spiro atoms. The summed E-state index contributed by atoms with van der Waals surface area (Å²) >= 11 is 5.75. The van der Waals surface area contributed by atoms with Gasteiger partial charge in [-0.2, -0.15) is 0 Å². The first-order valence-electron chi connectivity index (χ1n) is 6.29. The zero-order valence-electron chi connectivity index (χ0n) is 11.3. The lowest BCUT2D eigenvalue weighted by atomic mass is 10.1. The number of carbonyl (C=O) groups is 1. The lowest BCUT2D eigenvalue weighted by Crippen LogP contribution is -2.28. The first-order chi connectivity index (χ1) is 10.5. The van der Waals surface area contributed by atoms with Crippen LogP contribution in [0, 0.1) is 10.1 Å². The molecular formula is C14H12ClN3O4. The molecule has 0 aliphatic rings. The molecule has 8 heteroatoms. The number of amides is 1. The highest BCUT2D eigenvalue weighted by atomic mass is 35.5. The fraction of sp³-hybridized carbons (Fsp3) is 0.143. The fourth-order valence-electron chi connectivity index (χ4n) is 1.79. The second kappa shape index (κ2) is 6.97. The van der Waals surface area contributed by atoms with Gasteiger partial charge in [-0.05, 0) is 29.8 Å². The van der Waals surface area contributed by atoms with E-state index in [1.165, 1.54) is 24.5 Å². The number of nitro benzene ring substituents is 1. The third-order valence-corrected chi connectivity index (χ3v) is 3.26. The van der Waals surface area contributed by atoms with Gasteiger partial charge in [0.15, 0.2) is 0 Å². The van der Waals surface area contributed by atoms with E-state index in [0.29, 0.717) is 5.56 Å². The Morgan fingerprint density at radius 1 is 1.36 bits per heavy atom. The molecule has 0 unspecified atom stereocenters. The average molecular weight is 322 g/mol. The van der Waals surface area contributed by atoms with Crippen LogP contribution in [0.15, 0.2) is 42.7 Å². The summed E-state index contributed by atoms with van der Waals surface area (Å²) in [5.74, 6) is -0.482. The van der Waals surface area contributed by atoms with Gasteiger partial charge >= 0.3 is 0 Å². The van der Waals surface area contributed by atoms with Crippen molar-refractivity contribution in [2.24, 2.45) is 0 Å². The minimum atomic E-state index is -0.875. The summed E-state index contributed by atoms with van der Waals surface area (Å²) in [4.78, 5) is 25.8. The quantitative estimate of drug-likeness (QED) is 0.648. The van der Waals surface area contributed by atoms with Gasteiger partial charge in [0.1, 0.15) is 5.02 Å². The Morgan fingerprint density at radius 3 is 2.64 bits per heavy atom. The summed E-state index contributed by atoms with van der Waals surface area (Å²) < 4.78 is 0. The summed E-state index contributed by atoms with van der Waals surface area (Å²) in [6.45, 7) is -0.00253. The Morgan fingerprint density at radius 2 is 2.05 bits per heavy atom. The molecule has 0 fully saturated rings. The van der Waals surface area contributed by atoms with Gasteiger partial charge < -0.3 is 10.4 Å². The predicted molar refractivity (Wildman–Crippen MR) is 79.6 cm³/mol. The van der Waals surface area contributed by atoms with Crippen molar-refractivity contribution in [3.05, 3.63) is 69.0 Å². The van der Waals surface area contributed by atoms with Crippen LogP contribution in [-0.2, 0) is 0 Å². The Bertz CT molecular complexity index is 694. The maximum absolute atomic E-state index is 12.0. The molecule has 2 rings (SSSR count). The van der Waals surface area contributed by atoms with Crippen LogP contribution in [0.1, 0.15) is 22.0 Å². The van der Waals surface area contributed by atoms with Gasteiger partial charge in [-0.25, -0.2) is 0 Å². The first-order valence-corrected chi connectivity index (χ1v) is 6.67. The lowest BCUT2D eigenvalue weighted by Gasteiger charge is -2.12. The molecule has 0 aliphatic carbocycles. The molecule has 2 aromatic rings. The number of carbonyl (C=O) groups excluding carboxylic acids is 1. The van der Waals surface area contributed by atoms with Crippen LogP contribution in [0.5, 0.6) is 0 Å². The highest BCUT2D eigenvalue weighted by Gasteiger charge is 2.16. The molecule has 0 saturated heterocycles. The molecule has 22 heavy (non-hydrogen) atoms. The standard InChI is InChI=1S/C14H12ClN3O4/c15-11-7-10(1-2-12(11)18(21)22)14(20)17-8-13(19)9-3-5-16-6-4-9/h1-7,13,19H,8H2,(H,17,20)/t13-/m1/s1. The molecule has 1 atom stereocenters. The van der Waals surface area contributed by atoms with Crippen molar-refractivity contribution >= 4 is 23.2 Å². The van der Waals surface area contributed by atoms with Crippen molar-refractivity contribution in [3.63, 3.8) is 0 Å². The van der Waals surface area contributed by atoms with E-state index in [0.717, 1.165) is 6.07 Å². The van der Waals surface area contributed by atoms with Crippen LogP contribution in [0.4, 0.5) is 5.69 Å². The number of aromatic nitrogens is 1. The van der Waals surface area contributed by atoms with E-state index in [9.17, 15) is 20.0 Å². The van der Waals surface area contributed by atoms with E-state index < -0.39 is 16.9 Å². The van der Waals surface area contributed by atoms with Crippen molar-refractivity contribution in [1.82, 2.24) is 10.3 Å². The van der Waals surface area contributed by atoms with Gasteiger partial charge in [-0.15, -0.1) is 0 Å². The molecule has 0 bridgehead atoms. The summed E-state index contributed by atoms with van der Waals surface area (Å²) in [6, 6.07) is 6.96. The molecule has 114 valence electrons. The first kappa shape index (κ1) is 15.9. The SMILES string of the molecule is O=C(NC[C@@H](O)c1ccncc1)c1ccc([N+](=O)[O-])c(Cl)c1. The monoisotopic (exact) mass is 321 g/mol. The van der Waals surface area contributed by atoms with E-state index >= 15 is 0 Å². The minimum Gasteiger partial charge on any atom is -0.387 e. The highest BCUT2D eigenvalue weighted by molar-refractivity contribution is 6.33. The van der Waals surface area contributed by atoms with Crippen LogP contribution in [0.3, 0.4) is 0 Å². The number of hydrogen-bond donors (Lipinski definition) is 2. The number of nitrogens with one attached hydrogen (secondary N) is 1. The zero-order chi connectivity index (χ0) is 16.1. The smallest absolute Gasteiger partial charge is 0.287 e. The zero-order valence-corrected chi connectivity index (χ0v) is 12.0. The van der Waals surface area contributed by atoms with Gasteiger partial charge in [0, 0.05) is 30.6 Å². The maximum Gasteiger partial charge on any atom is 0.287 e. The van der Waals surface area contributed by atoms with Gasteiger partial charge in [0.2, 0.25) is 0 Å². The van der Waals surface area contributed by atoms with Gasteiger partial charge in [-0.3, -0.25) is 19.9 Å². The Labute approximate surface area is 130 Å². The number of pyridine rings is 1. The molecule has 1 aromatic heterocycles. The van der Waals surface area contributed by atoms with Gasteiger partial charge in [-0.1, -0.05) is 11.6 Å². The third kappa shape index (κ3) is 3.78. The van der Waals surface area contributed by atoms with E-state index in [-0.39, 0.29) is 22.8 Å². The maximum atomic E-state index is 12.0. The Balaban J connectivity index is 2.01. The van der Waals surface area contributed by atoms with Gasteiger partial charge in [0.05, 0.1) is 11.0 Å². The van der Waals surface area contributed by atoms with Crippen LogP contribution in [-0.4, -0.2) is 27.5 Å². The van der Waals surface area contributed by atoms with Crippen LogP contribution in [0.2, 0.25) is 5.02 Å². The average Bonchev–Trinajstić information content (AvgIpc) is 2.52. The normalized spacial score (nSPS) is 11.7. The van der Waals surface area contributed by atoms with Crippen LogP contribution >= 0.6 is 11.6 Å². The van der Waals surface area contributed by atoms with E-state index in [1.54, 1.807) is 12.1 Å². The van der Waals surface area contributed by atoms with Crippen LogP contribution < -0.4 is 5.32 Å². The molecule has 1 amide bonds. The number of aliphatic hydroxyl groups is 1. The van der Waals surface area contributed by atoms with Crippen molar-refractivity contribution in [3.8, 4) is 0 Å². The Kier molecular flexibility index (Phi) is 5.03. The second-order valence-corrected chi connectivity index (χ2v) is 4.84. The molecule has 0 aliphatic heterocycles. The van der Waals surface area contributed by atoms with Crippen molar-refractivity contribution in [2.45, 2.75) is 6.10 Å². The molecule has 0 radical (unpaired) electrons. The van der Waals surface area contributed by atoms with Crippen LogP contribution in [0.25, 0.3) is 0 Å². The molecule has 1 heterocycles. The number of nitro groups is 1.